The van der Waals surface area contributed by atoms with Gasteiger partial charge in [-0.15, -0.1) is 0 Å². The summed E-state index contributed by atoms with van der Waals surface area (Å²) in [5, 5.41) is 10.8. The average Bonchev–Trinajstić information content (AvgIpc) is 3.37. The van der Waals surface area contributed by atoms with Crippen molar-refractivity contribution in [3.63, 3.8) is 0 Å². The molecule has 2 heterocycles. The molecule has 0 unspecified atom stereocenters. The van der Waals surface area contributed by atoms with Gasteiger partial charge in [0.1, 0.15) is 6.54 Å². The first-order valence-electron chi connectivity index (χ1n) is 13.2. The number of fused-ring (bicyclic) bond motifs is 1. The molecule has 4 aromatic rings. The van der Waals surface area contributed by atoms with Crippen LogP contribution < -0.4 is 16.2 Å². The highest BCUT2D eigenvalue weighted by Crippen LogP contribution is 2.18. The number of carbonyl (C=O) groups is 3. The van der Waals surface area contributed by atoms with Crippen molar-refractivity contribution in [1.82, 2.24) is 25.8 Å². The molecule has 0 radical (unpaired) electrons. The minimum Gasteiger partial charge on any atom is -0.453 e. The highest BCUT2D eigenvalue weighted by Gasteiger charge is 2.12. The monoisotopic (exact) mass is 578 g/mol. The molecule has 0 atom stereocenters. The number of rotatable bonds is 8. The van der Waals surface area contributed by atoms with Crippen LogP contribution in [-0.2, 0) is 4.74 Å². The number of aromatic amines is 1. The van der Waals surface area contributed by atoms with Gasteiger partial charge >= 0.3 is 6.09 Å². The lowest BCUT2D eigenvalue weighted by molar-refractivity contribution is -0.870. The maximum absolute atomic E-state index is 12.4. The van der Waals surface area contributed by atoms with Crippen LogP contribution in [0.15, 0.2) is 73.1 Å². The van der Waals surface area contributed by atoms with Gasteiger partial charge in [-0.25, -0.2) is 15.2 Å². The lowest BCUT2D eigenvalue weighted by Crippen LogP contribution is -2.41. The molecule has 2 aromatic carbocycles. The van der Waals surface area contributed by atoms with Crippen molar-refractivity contribution in [2.75, 3.05) is 46.7 Å². The van der Waals surface area contributed by atoms with Gasteiger partial charge in [0.25, 0.3) is 5.91 Å². The number of imidazole rings is 1. The molecule has 0 saturated heterocycles. The summed E-state index contributed by atoms with van der Waals surface area (Å²) in [4.78, 5) is 45.9. The Balaban J connectivity index is 0.000000261. The van der Waals surface area contributed by atoms with E-state index in [9.17, 15) is 14.4 Å². The van der Waals surface area contributed by atoms with Gasteiger partial charge < -0.3 is 19.3 Å². The smallest absolute Gasteiger partial charge is 0.413 e. The Bertz CT molecular complexity index is 1420. The third-order valence-corrected chi connectivity index (χ3v) is 5.37. The van der Waals surface area contributed by atoms with E-state index < -0.39 is 6.09 Å². The number of benzene rings is 2. The molecule has 4 rings (SSSR count). The maximum atomic E-state index is 12.4. The van der Waals surface area contributed by atoms with Gasteiger partial charge in [-0.2, -0.15) is 0 Å². The van der Waals surface area contributed by atoms with Crippen molar-refractivity contribution < 1.29 is 28.7 Å². The predicted octanol–water partition coefficient (Wildman–Crippen LogP) is 3.38. The fourth-order valence-corrected chi connectivity index (χ4v) is 3.20. The number of nitrogens with zero attached hydrogens (tertiary/aromatic N) is 3. The number of hydrazine groups is 1. The van der Waals surface area contributed by atoms with Gasteiger partial charge in [0.05, 0.1) is 45.9 Å². The van der Waals surface area contributed by atoms with E-state index in [0.29, 0.717) is 22.2 Å². The van der Waals surface area contributed by atoms with Crippen LogP contribution in [0, 0.1) is 0 Å². The summed E-state index contributed by atoms with van der Waals surface area (Å²) in [6, 6.07) is 17.7. The highest BCUT2D eigenvalue weighted by molar-refractivity contribution is 6.10. The summed E-state index contributed by atoms with van der Waals surface area (Å²) in [6.07, 6.45) is 2.56. The molecule has 0 saturated carbocycles. The van der Waals surface area contributed by atoms with E-state index in [4.69, 9.17) is 5.11 Å². The molecule has 0 aliphatic carbocycles. The van der Waals surface area contributed by atoms with Crippen LogP contribution in [-0.4, -0.2) is 89.8 Å². The number of pyridine rings is 1. The van der Waals surface area contributed by atoms with Crippen molar-refractivity contribution in [2.45, 2.75) is 19.9 Å². The first kappa shape index (κ1) is 33.6. The lowest BCUT2D eigenvalue weighted by atomic mass is 10.0. The number of aromatic nitrogens is 3. The van der Waals surface area contributed by atoms with E-state index in [2.05, 4.69) is 57.0 Å². The molecular weight excluding hydrogens is 538 g/mol. The number of aliphatic hydroxyl groups is 1. The van der Waals surface area contributed by atoms with Crippen molar-refractivity contribution >= 4 is 34.8 Å². The normalized spacial score (nSPS) is 10.6. The molecule has 12 heteroatoms. The first-order valence-corrected chi connectivity index (χ1v) is 13.2. The number of methoxy groups -OCH3 is 1. The summed E-state index contributed by atoms with van der Waals surface area (Å²) in [6.45, 7) is 5.02. The quantitative estimate of drug-likeness (QED) is 0.121. The number of H-pyrrole nitrogens is 1. The molecule has 0 fully saturated rings. The zero-order valence-corrected chi connectivity index (χ0v) is 24.8. The highest BCUT2D eigenvalue weighted by atomic mass is 16.5. The number of hydrogen-bond acceptors (Lipinski definition) is 8. The second-order valence-electron chi connectivity index (χ2n) is 10.4. The van der Waals surface area contributed by atoms with Crippen LogP contribution in [0.4, 0.5) is 10.7 Å². The van der Waals surface area contributed by atoms with Crippen LogP contribution in [0.5, 0.6) is 0 Å². The number of hydrogen-bond donors (Lipinski definition) is 5. The second-order valence-corrected chi connectivity index (χ2v) is 10.4. The summed E-state index contributed by atoms with van der Waals surface area (Å²) < 4.78 is 5.35. The summed E-state index contributed by atoms with van der Waals surface area (Å²) in [7, 11) is 7.43. The van der Waals surface area contributed by atoms with Gasteiger partial charge in [-0.3, -0.25) is 25.3 Å². The molecule has 12 nitrogen and oxygen atoms in total. The third-order valence-electron chi connectivity index (χ3n) is 5.37. The Morgan fingerprint density at radius 2 is 1.62 bits per heavy atom. The number of aliphatic hydroxyl groups excluding tert-OH is 1. The van der Waals surface area contributed by atoms with Crippen molar-refractivity contribution in [3.05, 3.63) is 89.7 Å². The minimum atomic E-state index is -0.611. The Kier molecular flexibility index (Phi) is 13.2. The number of amides is 2. The van der Waals surface area contributed by atoms with Crippen molar-refractivity contribution in [1.29, 1.82) is 0 Å². The Morgan fingerprint density at radius 1 is 0.952 bits per heavy atom. The first-order chi connectivity index (χ1) is 19.9. The molecule has 0 bridgehead atoms. The standard InChI is InChI=1S/C16H13N3O3.C9H13N3O.C5H14NO/c1-22-16(21)19-15-17-12-8-7-11(9-13(12)18-15)14(20)10-5-3-2-4-6-10;1-7(2)11-12-9(13)8-3-5-10-6-4-8;1-6(2,3)4-5-7/h2-9H,1H3,(H2,17,18,19,21);3-7,11H,1-2H3,(H,12,13);7H,4-5H2,1-3H3/q;;+1. The third kappa shape index (κ3) is 11.8. The number of ether oxygens (including phenoxy) is 1. The fourth-order valence-electron chi connectivity index (χ4n) is 3.20. The van der Waals surface area contributed by atoms with E-state index in [1.807, 2.05) is 32.0 Å². The largest absolute Gasteiger partial charge is 0.453 e. The Hall–Kier alpha value is -4.65. The van der Waals surface area contributed by atoms with Gasteiger partial charge in [0.15, 0.2) is 5.78 Å². The molecule has 42 heavy (non-hydrogen) atoms. The van der Waals surface area contributed by atoms with Crippen LogP contribution in [0.2, 0.25) is 0 Å². The van der Waals surface area contributed by atoms with Crippen LogP contribution in [0.1, 0.15) is 40.1 Å². The number of quaternary nitrogens is 1. The fraction of sp³-hybridized carbons (Fsp3) is 0.300. The number of likely N-dealkylation sites (N-methyl/N-ethyl adjacent to an activating group) is 1. The average molecular weight is 579 g/mol. The maximum Gasteiger partial charge on any atom is 0.413 e. The SMILES string of the molecule is CC(C)NNC(=O)c1ccncc1.COC(=O)Nc1nc2cc(C(=O)c3ccccc3)ccc2[nH]1.C[N+](C)(C)CCO. The molecule has 224 valence electrons. The van der Waals surface area contributed by atoms with E-state index in [0.717, 1.165) is 16.5 Å². The van der Waals surface area contributed by atoms with Gasteiger partial charge in [-0.1, -0.05) is 30.3 Å². The van der Waals surface area contributed by atoms with Crippen LogP contribution >= 0.6 is 0 Å². The molecule has 0 aliphatic heterocycles. The van der Waals surface area contributed by atoms with Crippen LogP contribution in [0.3, 0.4) is 0 Å². The van der Waals surface area contributed by atoms with Gasteiger partial charge in [0.2, 0.25) is 5.95 Å². The van der Waals surface area contributed by atoms with Crippen LogP contribution in [0.25, 0.3) is 11.0 Å². The Morgan fingerprint density at radius 3 is 2.17 bits per heavy atom. The predicted molar refractivity (Wildman–Crippen MR) is 162 cm³/mol. The number of ketones is 1. The van der Waals surface area contributed by atoms with E-state index in [-0.39, 0.29) is 30.3 Å². The zero-order chi connectivity index (χ0) is 31.1. The number of carbonyl (C=O) groups excluding carboxylic acids is 3. The molecule has 2 amide bonds. The summed E-state index contributed by atoms with van der Waals surface area (Å²) >= 11 is 0. The topological polar surface area (TPSA) is 158 Å². The van der Waals surface area contributed by atoms with E-state index in [1.165, 1.54) is 7.11 Å². The zero-order valence-electron chi connectivity index (χ0n) is 24.8. The van der Waals surface area contributed by atoms with E-state index >= 15 is 0 Å². The second kappa shape index (κ2) is 16.6. The van der Waals surface area contributed by atoms with Crippen molar-refractivity contribution in [3.8, 4) is 0 Å². The summed E-state index contributed by atoms with van der Waals surface area (Å²) in [5.74, 6) is 0.0511. The molecular formula is C30H40N7O5+. The number of nitrogens with one attached hydrogen (secondary N) is 4. The molecule has 0 aliphatic rings. The lowest BCUT2D eigenvalue weighted by Gasteiger charge is -2.21. The van der Waals surface area contributed by atoms with Gasteiger partial charge in [0, 0.05) is 35.1 Å². The minimum absolute atomic E-state index is 0.0759. The van der Waals surface area contributed by atoms with E-state index in [1.54, 1.807) is 54.9 Å². The van der Waals surface area contributed by atoms with Gasteiger partial charge in [-0.05, 0) is 44.2 Å². The molecule has 2 aromatic heterocycles. The van der Waals surface area contributed by atoms with Crippen molar-refractivity contribution in [2.24, 2.45) is 0 Å². The summed E-state index contributed by atoms with van der Waals surface area (Å²) in [5.41, 5.74) is 8.47. The Labute approximate surface area is 245 Å². The molecule has 0 spiro atoms. The number of anilines is 1. The molecule has 5 N–H and O–H groups in total.